The van der Waals surface area contributed by atoms with E-state index in [1.165, 1.54) is 24.2 Å². The van der Waals surface area contributed by atoms with Gasteiger partial charge in [0.05, 0.1) is 10.2 Å². The van der Waals surface area contributed by atoms with Crippen molar-refractivity contribution in [3.05, 3.63) is 69.9 Å². The number of para-hydroxylation sites is 1. The van der Waals surface area contributed by atoms with Crippen LogP contribution >= 0.6 is 34.0 Å². The predicted octanol–water partition coefficient (Wildman–Crippen LogP) is 7.29. The Morgan fingerprint density at radius 1 is 0.917 bits per heavy atom. The third-order valence-electron chi connectivity index (χ3n) is 3.60. The largest absolute Gasteiger partial charge is 0.237 e. The van der Waals surface area contributed by atoms with Crippen molar-refractivity contribution in [1.82, 2.24) is 4.98 Å². The van der Waals surface area contributed by atoms with Crippen LogP contribution in [0.3, 0.4) is 0 Å². The van der Waals surface area contributed by atoms with E-state index in [-0.39, 0.29) is 0 Å². The number of fused-ring (bicyclic) bond motifs is 1. The summed E-state index contributed by atoms with van der Waals surface area (Å²) in [5, 5.41) is 1.05. The molecule has 0 saturated carbocycles. The highest BCUT2D eigenvalue weighted by atomic mass is 32.1. The number of nitrogens with zero attached hydrogens (tertiary/aromatic N) is 1. The van der Waals surface area contributed by atoms with E-state index in [4.69, 9.17) is 0 Å². The van der Waals surface area contributed by atoms with Crippen LogP contribution in [0.5, 0.6) is 0 Å². The third-order valence-corrected chi connectivity index (χ3v) is 7.09. The van der Waals surface area contributed by atoms with Gasteiger partial charge in [-0.1, -0.05) is 18.7 Å². The summed E-state index contributed by atoms with van der Waals surface area (Å²) in [6.45, 7) is 6.07. The monoisotopic (exact) mass is 365 g/mol. The number of hydrogen-bond acceptors (Lipinski definition) is 4. The molecule has 0 unspecified atom stereocenters. The van der Waals surface area contributed by atoms with Crippen molar-refractivity contribution in [2.75, 3.05) is 0 Å². The fraction of sp³-hybridized carbons (Fsp3) is 0.0500. The van der Waals surface area contributed by atoms with Gasteiger partial charge in [0.2, 0.25) is 0 Å². The van der Waals surface area contributed by atoms with Gasteiger partial charge in [0.15, 0.2) is 0 Å². The summed E-state index contributed by atoms with van der Waals surface area (Å²) in [5.74, 6) is 0. The predicted molar refractivity (Wildman–Crippen MR) is 111 cm³/mol. The minimum atomic E-state index is 1.05. The summed E-state index contributed by atoms with van der Waals surface area (Å²) in [6, 6.07) is 17.0. The molecule has 0 spiro atoms. The number of benzene rings is 1. The number of hydrogen-bond donors (Lipinski definition) is 0. The Morgan fingerprint density at radius 2 is 1.71 bits per heavy atom. The molecule has 3 heterocycles. The molecule has 0 radical (unpaired) electrons. The van der Waals surface area contributed by atoms with Gasteiger partial charge < -0.3 is 0 Å². The van der Waals surface area contributed by atoms with Crippen molar-refractivity contribution in [3.8, 4) is 9.75 Å². The molecule has 1 aromatic carbocycles. The van der Waals surface area contributed by atoms with Crippen LogP contribution in [0, 0.1) is 0 Å². The van der Waals surface area contributed by atoms with E-state index in [1.54, 1.807) is 22.7 Å². The lowest BCUT2D eigenvalue weighted by atomic mass is 10.3. The number of aromatic nitrogens is 1. The quantitative estimate of drug-likeness (QED) is 0.370. The van der Waals surface area contributed by atoms with Crippen molar-refractivity contribution in [2.24, 2.45) is 0 Å². The first-order valence-electron chi connectivity index (χ1n) is 7.58. The van der Waals surface area contributed by atoms with Crippen molar-refractivity contribution >= 4 is 62.0 Å². The molecule has 0 saturated heterocycles. The second-order valence-corrected chi connectivity index (χ2v) is 8.76. The van der Waals surface area contributed by atoms with Crippen molar-refractivity contribution < 1.29 is 0 Å². The first kappa shape index (κ1) is 15.5. The Labute approximate surface area is 153 Å². The molecule has 0 bridgehead atoms. The normalized spacial score (nSPS) is 11.5. The van der Waals surface area contributed by atoms with E-state index in [0.717, 1.165) is 16.1 Å². The minimum Gasteiger partial charge on any atom is -0.237 e. The first-order valence-corrected chi connectivity index (χ1v) is 10.0. The molecule has 24 heavy (non-hydrogen) atoms. The molecule has 0 aliphatic carbocycles. The summed E-state index contributed by atoms with van der Waals surface area (Å²) < 4.78 is 1.23. The smallest absolute Gasteiger partial charge is 0.117 e. The topological polar surface area (TPSA) is 12.9 Å². The van der Waals surface area contributed by atoms with E-state index in [9.17, 15) is 0 Å². The lowest BCUT2D eigenvalue weighted by molar-refractivity contribution is 1.47. The second kappa shape index (κ2) is 6.48. The van der Waals surface area contributed by atoms with Gasteiger partial charge in [-0.25, -0.2) is 4.98 Å². The van der Waals surface area contributed by atoms with Crippen LogP contribution in [0.4, 0.5) is 0 Å². The molecule has 4 rings (SSSR count). The van der Waals surface area contributed by atoms with Crippen LogP contribution in [0.2, 0.25) is 0 Å². The van der Waals surface area contributed by atoms with Gasteiger partial charge in [0.25, 0.3) is 0 Å². The van der Waals surface area contributed by atoms with Gasteiger partial charge in [-0.15, -0.1) is 34.0 Å². The number of thiazole rings is 1. The Balaban J connectivity index is 1.56. The summed E-state index contributed by atoms with van der Waals surface area (Å²) >= 11 is 5.33. The molecular formula is C20H15NS3. The molecule has 0 aliphatic heterocycles. The van der Waals surface area contributed by atoms with Gasteiger partial charge in [-0.2, -0.15) is 0 Å². The number of rotatable bonds is 4. The Hall–Kier alpha value is -2.01. The molecule has 4 heteroatoms. The Morgan fingerprint density at radius 3 is 2.50 bits per heavy atom. The van der Waals surface area contributed by atoms with Gasteiger partial charge in [-0.3, -0.25) is 0 Å². The van der Waals surface area contributed by atoms with E-state index in [1.807, 2.05) is 17.4 Å². The SMILES string of the molecule is C=C(C)c1ccc(-c2ccc(/C=C/c3nc4ccccc4s3)s2)s1. The third kappa shape index (κ3) is 3.13. The minimum absolute atomic E-state index is 1.05. The molecule has 1 nitrogen and oxygen atoms in total. The maximum absolute atomic E-state index is 4.64. The highest BCUT2D eigenvalue weighted by molar-refractivity contribution is 7.23. The van der Waals surface area contributed by atoms with E-state index in [0.29, 0.717) is 0 Å². The average Bonchev–Trinajstić information content (AvgIpc) is 3.30. The highest BCUT2D eigenvalue weighted by Crippen LogP contribution is 2.36. The lowest BCUT2D eigenvalue weighted by Crippen LogP contribution is -1.67. The van der Waals surface area contributed by atoms with Crippen molar-refractivity contribution in [1.29, 1.82) is 0 Å². The lowest BCUT2D eigenvalue weighted by Gasteiger charge is -1.91. The van der Waals surface area contributed by atoms with Gasteiger partial charge in [0.1, 0.15) is 5.01 Å². The summed E-state index contributed by atoms with van der Waals surface area (Å²) in [5.41, 5.74) is 2.19. The molecule has 3 aromatic heterocycles. The Kier molecular flexibility index (Phi) is 4.19. The molecule has 0 aliphatic rings. The summed E-state index contributed by atoms with van der Waals surface area (Å²) in [4.78, 5) is 9.75. The number of allylic oxidation sites excluding steroid dienone is 1. The molecular weight excluding hydrogens is 350 g/mol. The zero-order chi connectivity index (χ0) is 16.5. The zero-order valence-electron chi connectivity index (χ0n) is 13.2. The maximum atomic E-state index is 4.64. The van der Waals surface area contributed by atoms with E-state index in [2.05, 4.69) is 73.1 Å². The molecule has 0 N–H and O–H groups in total. The van der Waals surface area contributed by atoms with Gasteiger partial charge in [0, 0.05) is 19.5 Å². The van der Waals surface area contributed by atoms with E-state index >= 15 is 0 Å². The van der Waals surface area contributed by atoms with Crippen LogP contribution in [0.25, 0.3) is 37.7 Å². The average molecular weight is 366 g/mol. The van der Waals surface area contributed by atoms with Crippen molar-refractivity contribution in [3.63, 3.8) is 0 Å². The molecule has 0 amide bonds. The fourth-order valence-corrected chi connectivity index (χ4v) is 5.19. The van der Waals surface area contributed by atoms with Crippen LogP contribution in [0.15, 0.2) is 55.1 Å². The van der Waals surface area contributed by atoms with Gasteiger partial charge >= 0.3 is 0 Å². The molecule has 0 atom stereocenters. The zero-order valence-corrected chi connectivity index (χ0v) is 15.6. The molecule has 4 aromatic rings. The Bertz CT molecular complexity index is 1010. The van der Waals surface area contributed by atoms with Crippen LogP contribution < -0.4 is 0 Å². The second-order valence-electron chi connectivity index (χ2n) is 5.50. The molecule has 0 fully saturated rings. The molecule has 118 valence electrons. The fourth-order valence-electron chi connectivity index (χ4n) is 2.39. The van der Waals surface area contributed by atoms with Crippen molar-refractivity contribution in [2.45, 2.75) is 6.92 Å². The number of thiophene rings is 2. The summed E-state index contributed by atoms with van der Waals surface area (Å²) in [6.07, 6.45) is 4.26. The van der Waals surface area contributed by atoms with Crippen LogP contribution in [0.1, 0.15) is 21.7 Å². The first-order chi connectivity index (χ1) is 11.7. The maximum Gasteiger partial charge on any atom is 0.117 e. The van der Waals surface area contributed by atoms with Gasteiger partial charge in [-0.05, 0) is 61.0 Å². The van der Waals surface area contributed by atoms with E-state index < -0.39 is 0 Å². The van der Waals surface area contributed by atoms with Crippen LogP contribution in [-0.4, -0.2) is 4.98 Å². The summed E-state index contributed by atoms with van der Waals surface area (Å²) in [7, 11) is 0. The highest BCUT2D eigenvalue weighted by Gasteiger charge is 2.06. The van der Waals surface area contributed by atoms with Crippen LogP contribution in [-0.2, 0) is 0 Å². The standard InChI is InChI=1S/C20H15NS3/c1-13(2)16-10-11-19(23-16)18-9-7-14(22-18)8-12-20-21-15-5-3-4-6-17(15)24-20/h3-12H,1H2,2H3/b12-8+.